The second-order valence-corrected chi connectivity index (χ2v) is 9.42. The number of carbonyl (C=O) groups excluding carboxylic acids is 2. The maximum atomic E-state index is 13.2. The molecule has 3 heterocycles. The quantitative estimate of drug-likeness (QED) is 0.562. The first-order valence-corrected chi connectivity index (χ1v) is 12.0. The zero-order valence-electron chi connectivity index (χ0n) is 18.3. The van der Waals surface area contributed by atoms with Crippen molar-refractivity contribution in [3.8, 4) is 5.69 Å². The highest BCUT2D eigenvalue weighted by Gasteiger charge is 2.29. The number of carbonyl (C=O) groups is 2. The van der Waals surface area contributed by atoms with Crippen molar-refractivity contribution in [2.24, 2.45) is 0 Å². The largest absolute Gasteiger partial charge is 0.376 e. The minimum Gasteiger partial charge on any atom is -0.376 e. The van der Waals surface area contributed by atoms with E-state index < -0.39 is 17.2 Å². The molecular weight excluding hydrogens is 459 g/mol. The fourth-order valence-electron chi connectivity index (χ4n) is 4.30. The number of ether oxygens (including phenoxy) is 1. The molecule has 2 aromatic heterocycles. The molecular formula is C24H23FN4O4S. The Balaban J connectivity index is 1.39. The van der Waals surface area contributed by atoms with Gasteiger partial charge in [0.05, 0.1) is 17.4 Å². The molecule has 3 aromatic rings. The Hall–Kier alpha value is -3.37. The van der Waals surface area contributed by atoms with E-state index in [2.05, 4.69) is 15.7 Å². The van der Waals surface area contributed by atoms with Crippen LogP contribution >= 0.6 is 11.3 Å². The van der Waals surface area contributed by atoms with E-state index in [1.807, 2.05) is 0 Å². The van der Waals surface area contributed by atoms with Gasteiger partial charge in [-0.25, -0.2) is 9.07 Å². The minimum atomic E-state index is -0.699. The Morgan fingerprint density at radius 3 is 2.74 bits per heavy atom. The van der Waals surface area contributed by atoms with Gasteiger partial charge < -0.3 is 15.4 Å². The lowest BCUT2D eigenvalue weighted by atomic mass is 10.1. The first-order valence-electron chi connectivity index (χ1n) is 11.2. The van der Waals surface area contributed by atoms with Crippen LogP contribution in [0.1, 0.15) is 50.5 Å². The summed E-state index contributed by atoms with van der Waals surface area (Å²) in [5, 5.41) is 10.2. The topological polar surface area (TPSA) is 102 Å². The van der Waals surface area contributed by atoms with Gasteiger partial charge in [0.1, 0.15) is 10.8 Å². The van der Waals surface area contributed by atoms with Crippen molar-refractivity contribution >= 4 is 28.2 Å². The lowest BCUT2D eigenvalue weighted by Crippen LogP contribution is -2.33. The number of hydrogen-bond acceptors (Lipinski definition) is 6. The summed E-state index contributed by atoms with van der Waals surface area (Å²) in [7, 11) is 0. The van der Waals surface area contributed by atoms with Gasteiger partial charge in [0, 0.05) is 30.3 Å². The summed E-state index contributed by atoms with van der Waals surface area (Å²) in [6, 6.07) is 6.76. The van der Waals surface area contributed by atoms with Crippen molar-refractivity contribution in [2.75, 3.05) is 18.5 Å². The van der Waals surface area contributed by atoms with Crippen LogP contribution in [0.25, 0.3) is 5.69 Å². The molecule has 0 unspecified atom stereocenters. The number of rotatable bonds is 6. The van der Waals surface area contributed by atoms with E-state index in [-0.39, 0.29) is 17.7 Å². The number of nitrogens with zero attached hydrogens (tertiary/aromatic N) is 2. The smallest absolute Gasteiger partial charge is 0.280 e. The fourth-order valence-corrected chi connectivity index (χ4v) is 5.58. The van der Waals surface area contributed by atoms with Crippen molar-refractivity contribution in [3.63, 3.8) is 0 Å². The Bertz CT molecular complexity index is 1300. The number of aromatic nitrogens is 2. The third-order valence-corrected chi connectivity index (χ3v) is 7.21. The number of benzene rings is 1. The maximum Gasteiger partial charge on any atom is 0.280 e. The highest BCUT2D eigenvalue weighted by atomic mass is 32.1. The Morgan fingerprint density at radius 2 is 1.97 bits per heavy atom. The summed E-state index contributed by atoms with van der Waals surface area (Å²) < 4.78 is 20.2. The van der Waals surface area contributed by atoms with E-state index in [0.29, 0.717) is 29.4 Å². The summed E-state index contributed by atoms with van der Waals surface area (Å²) in [5.74, 6) is -1.36. The molecule has 2 amide bonds. The van der Waals surface area contributed by atoms with Gasteiger partial charge in [-0.05, 0) is 61.9 Å². The summed E-state index contributed by atoms with van der Waals surface area (Å²) in [6.07, 6.45) is 5.89. The number of nitrogens with one attached hydrogen (secondary N) is 2. The molecule has 1 saturated heterocycles. The van der Waals surface area contributed by atoms with E-state index in [1.54, 1.807) is 0 Å². The Labute approximate surface area is 198 Å². The monoisotopic (exact) mass is 482 g/mol. The molecule has 1 atom stereocenters. The molecule has 1 aliphatic heterocycles. The third kappa shape index (κ3) is 4.51. The Morgan fingerprint density at radius 1 is 1.15 bits per heavy atom. The standard InChI is InChI=1S/C24H23FN4O4S/c25-14-6-8-15(9-7-14)29-11-10-18(30)21(28-29)23(32)27-24-20(17-4-1-5-19(17)34-24)22(31)26-13-16-3-2-12-33-16/h6-11,16H,1-5,12-13H2,(H,26,31)(H,27,32)/t16-/m0/s1. The molecule has 176 valence electrons. The molecule has 5 rings (SSSR count). The van der Waals surface area contributed by atoms with Gasteiger partial charge in [0.15, 0.2) is 5.69 Å². The van der Waals surface area contributed by atoms with Crippen LogP contribution in [-0.2, 0) is 17.6 Å². The van der Waals surface area contributed by atoms with Crippen LogP contribution in [0.15, 0.2) is 41.3 Å². The van der Waals surface area contributed by atoms with Gasteiger partial charge in [-0.1, -0.05) is 0 Å². The highest BCUT2D eigenvalue weighted by Crippen LogP contribution is 2.39. The second-order valence-electron chi connectivity index (χ2n) is 8.31. The van der Waals surface area contributed by atoms with Crippen LogP contribution in [0.2, 0.25) is 0 Å². The summed E-state index contributed by atoms with van der Waals surface area (Å²) >= 11 is 1.36. The van der Waals surface area contributed by atoms with Crippen LogP contribution in [-0.4, -0.2) is 40.9 Å². The molecule has 0 spiro atoms. The highest BCUT2D eigenvalue weighted by molar-refractivity contribution is 7.17. The minimum absolute atomic E-state index is 0.00660. The van der Waals surface area contributed by atoms with Gasteiger partial charge in [-0.15, -0.1) is 11.3 Å². The van der Waals surface area contributed by atoms with Crippen LogP contribution in [0.4, 0.5) is 9.39 Å². The van der Waals surface area contributed by atoms with Crippen LogP contribution in [0.5, 0.6) is 0 Å². The first kappa shape index (κ1) is 22.4. The lowest BCUT2D eigenvalue weighted by molar-refractivity contribution is 0.0858. The van der Waals surface area contributed by atoms with Gasteiger partial charge in [-0.2, -0.15) is 5.10 Å². The van der Waals surface area contributed by atoms with E-state index in [0.717, 1.165) is 42.5 Å². The summed E-state index contributed by atoms with van der Waals surface area (Å²) in [4.78, 5) is 39.6. The van der Waals surface area contributed by atoms with Crippen molar-refractivity contribution in [2.45, 2.75) is 38.2 Å². The number of thiophene rings is 1. The predicted molar refractivity (Wildman–Crippen MR) is 125 cm³/mol. The number of halogens is 1. The number of fused-ring (bicyclic) bond motifs is 1. The fraction of sp³-hybridized carbons (Fsp3) is 0.333. The number of aryl methyl sites for hydroxylation is 1. The van der Waals surface area contributed by atoms with Crippen LogP contribution < -0.4 is 16.1 Å². The SMILES string of the molecule is O=C(NC[C@@H]1CCCO1)c1c(NC(=O)c2nn(-c3ccc(F)cc3)ccc2=O)sc2c1CCC2. The lowest BCUT2D eigenvalue weighted by Gasteiger charge is -2.13. The van der Waals surface area contributed by atoms with Crippen molar-refractivity contribution in [1.29, 1.82) is 0 Å². The zero-order chi connectivity index (χ0) is 23.7. The zero-order valence-corrected chi connectivity index (χ0v) is 19.1. The molecule has 1 aromatic carbocycles. The number of anilines is 1. The molecule has 0 radical (unpaired) electrons. The summed E-state index contributed by atoms with van der Waals surface area (Å²) in [6.45, 7) is 1.12. The molecule has 2 aliphatic rings. The van der Waals surface area contributed by atoms with Gasteiger partial charge in [0.2, 0.25) is 5.43 Å². The van der Waals surface area contributed by atoms with E-state index >= 15 is 0 Å². The molecule has 10 heteroatoms. The average molecular weight is 483 g/mol. The summed E-state index contributed by atoms with van der Waals surface area (Å²) in [5.41, 5.74) is 1.05. The Kier molecular flexibility index (Phi) is 6.25. The molecule has 0 bridgehead atoms. The molecule has 34 heavy (non-hydrogen) atoms. The van der Waals surface area contributed by atoms with Crippen LogP contribution in [0, 0.1) is 5.82 Å². The second kappa shape index (κ2) is 9.47. The van der Waals surface area contributed by atoms with Crippen LogP contribution in [0.3, 0.4) is 0 Å². The molecule has 8 nitrogen and oxygen atoms in total. The van der Waals surface area contributed by atoms with Crippen molar-refractivity contribution in [3.05, 3.63) is 74.3 Å². The van der Waals surface area contributed by atoms with Gasteiger partial charge >= 0.3 is 0 Å². The molecule has 2 N–H and O–H groups in total. The van der Waals surface area contributed by atoms with Gasteiger partial charge in [0.25, 0.3) is 11.8 Å². The van der Waals surface area contributed by atoms with E-state index in [1.165, 1.54) is 52.5 Å². The third-order valence-electron chi connectivity index (χ3n) is 6.00. The van der Waals surface area contributed by atoms with E-state index in [9.17, 15) is 18.8 Å². The maximum absolute atomic E-state index is 13.2. The average Bonchev–Trinajstić information content (AvgIpc) is 3.56. The normalized spacial score (nSPS) is 16.9. The molecule has 0 saturated carbocycles. The van der Waals surface area contributed by atoms with E-state index in [4.69, 9.17) is 4.74 Å². The van der Waals surface area contributed by atoms with Crippen molar-refractivity contribution < 1.29 is 18.7 Å². The van der Waals surface area contributed by atoms with Crippen molar-refractivity contribution in [1.82, 2.24) is 15.1 Å². The first-order chi connectivity index (χ1) is 16.5. The predicted octanol–water partition coefficient (Wildman–Crippen LogP) is 3.08. The number of amides is 2. The van der Waals surface area contributed by atoms with Gasteiger partial charge in [-0.3, -0.25) is 14.4 Å². The number of hydrogen-bond donors (Lipinski definition) is 2. The molecule has 1 aliphatic carbocycles. The molecule has 1 fully saturated rings.